The maximum Gasteiger partial charge on any atom is 0.245 e. The van der Waals surface area contributed by atoms with E-state index in [-0.39, 0.29) is 53.4 Å². The standard InChI is InChI=1S/C21H25FN2O5S2/c22-19-9-4-5-10-20(19)31(28,29)24-14-11-17(12-15-24)21(25)23-13-6-16-30(26,27)18-7-2-1-3-8-18/h1-5,7-10,17H,6,11-16H2,(H,23,25). The number of amides is 1. The van der Waals surface area contributed by atoms with Crippen LogP contribution in [0.1, 0.15) is 19.3 Å². The third-order valence-electron chi connectivity index (χ3n) is 5.27. The first-order valence-corrected chi connectivity index (χ1v) is 13.1. The van der Waals surface area contributed by atoms with Gasteiger partial charge >= 0.3 is 0 Å². The lowest BCUT2D eigenvalue weighted by molar-refractivity contribution is -0.126. The van der Waals surface area contributed by atoms with Crippen LogP contribution in [0, 0.1) is 11.7 Å². The van der Waals surface area contributed by atoms with Crippen molar-refractivity contribution in [3.63, 3.8) is 0 Å². The number of carbonyl (C=O) groups is 1. The summed E-state index contributed by atoms with van der Waals surface area (Å²) in [5.41, 5.74) is 0. The summed E-state index contributed by atoms with van der Waals surface area (Å²) >= 11 is 0. The molecule has 0 saturated carbocycles. The fourth-order valence-corrected chi connectivity index (χ4v) is 6.38. The summed E-state index contributed by atoms with van der Waals surface area (Å²) in [5.74, 6) is -1.46. The molecule has 0 atom stereocenters. The molecule has 168 valence electrons. The second-order valence-corrected chi connectivity index (χ2v) is 11.4. The van der Waals surface area contributed by atoms with Gasteiger partial charge in [-0.1, -0.05) is 30.3 Å². The number of piperidine rings is 1. The van der Waals surface area contributed by atoms with Gasteiger partial charge in [0, 0.05) is 25.6 Å². The number of sulfonamides is 1. The molecule has 0 aromatic heterocycles. The monoisotopic (exact) mass is 468 g/mol. The number of benzene rings is 2. The highest BCUT2D eigenvalue weighted by atomic mass is 32.2. The lowest BCUT2D eigenvalue weighted by Crippen LogP contribution is -2.43. The quantitative estimate of drug-likeness (QED) is 0.599. The number of nitrogens with zero attached hydrogens (tertiary/aromatic N) is 1. The third kappa shape index (κ3) is 5.69. The molecule has 1 amide bonds. The van der Waals surface area contributed by atoms with Crippen LogP contribution < -0.4 is 5.32 Å². The Labute approximate surface area is 182 Å². The van der Waals surface area contributed by atoms with Crippen LogP contribution in [0.5, 0.6) is 0 Å². The molecule has 0 unspecified atom stereocenters. The second-order valence-electron chi connectivity index (χ2n) is 7.39. The maximum atomic E-state index is 13.9. The van der Waals surface area contributed by atoms with Gasteiger partial charge in [0.05, 0.1) is 10.6 Å². The van der Waals surface area contributed by atoms with Crippen LogP contribution in [0.4, 0.5) is 4.39 Å². The van der Waals surface area contributed by atoms with E-state index in [1.807, 2.05) is 0 Å². The third-order valence-corrected chi connectivity index (χ3v) is 9.02. The fraction of sp³-hybridized carbons (Fsp3) is 0.381. The second kappa shape index (κ2) is 9.88. The maximum absolute atomic E-state index is 13.9. The van der Waals surface area contributed by atoms with E-state index in [0.717, 1.165) is 6.07 Å². The van der Waals surface area contributed by atoms with Crippen LogP contribution in [0.15, 0.2) is 64.4 Å². The molecule has 0 radical (unpaired) electrons. The van der Waals surface area contributed by atoms with Gasteiger partial charge < -0.3 is 5.32 Å². The average Bonchev–Trinajstić information content (AvgIpc) is 2.77. The number of rotatable bonds is 8. The van der Waals surface area contributed by atoms with Crippen molar-refractivity contribution in [2.75, 3.05) is 25.4 Å². The van der Waals surface area contributed by atoms with E-state index in [2.05, 4.69) is 5.32 Å². The van der Waals surface area contributed by atoms with Gasteiger partial charge in [0.1, 0.15) is 10.7 Å². The van der Waals surface area contributed by atoms with Crippen molar-refractivity contribution < 1.29 is 26.0 Å². The van der Waals surface area contributed by atoms with Gasteiger partial charge in [-0.05, 0) is 43.5 Å². The van der Waals surface area contributed by atoms with E-state index in [4.69, 9.17) is 0 Å². The predicted octanol–water partition coefficient (Wildman–Crippen LogP) is 2.21. The van der Waals surface area contributed by atoms with Crippen LogP contribution in [-0.4, -0.2) is 52.4 Å². The number of hydrogen-bond acceptors (Lipinski definition) is 5. The van der Waals surface area contributed by atoms with E-state index in [1.165, 1.54) is 34.6 Å². The molecule has 1 aliphatic heterocycles. The average molecular weight is 469 g/mol. The first-order valence-electron chi connectivity index (χ1n) is 10.0. The zero-order chi connectivity index (χ0) is 22.5. The topological polar surface area (TPSA) is 101 Å². The Kier molecular flexibility index (Phi) is 7.45. The molecular weight excluding hydrogens is 443 g/mol. The molecule has 0 spiro atoms. The van der Waals surface area contributed by atoms with E-state index in [9.17, 15) is 26.0 Å². The molecule has 3 rings (SSSR count). The SMILES string of the molecule is O=C(NCCCS(=O)(=O)c1ccccc1)C1CCN(S(=O)(=O)c2ccccc2F)CC1. The van der Waals surface area contributed by atoms with E-state index < -0.39 is 25.7 Å². The lowest BCUT2D eigenvalue weighted by Gasteiger charge is -2.30. The van der Waals surface area contributed by atoms with Gasteiger partial charge in [-0.15, -0.1) is 0 Å². The smallest absolute Gasteiger partial charge is 0.245 e. The number of halogens is 1. The molecule has 1 fully saturated rings. The largest absolute Gasteiger partial charge is 0.356 e. The minimum Gasteiger partial charge on any atom is -0.356 e. The van der Waals surface area contributed by atoms with E-state index >= 15 is 0 Å². The lowest BCUT2D eigenvalue weighted by atomic mass is 9.97. The fourth-order valence-electron chi connectivity index (χ4n) is 3.52. The van der Waals surface area contributed by atoms with Crippen molar-refractivity contribution in [2.45, 2.75) is 29.1 Å². The van der Waals surface area contributed by atoms with Gasteiger partial charge in [0.25, 0.3) is 0 Å². The van der Waals surface area contributed by atoms with E-state index in [0.29, 0.717) is 12.8 Å². The van der Waals surface area contributed by atoms with Crippen molar-refractivity contribution in [3.8, 4) is 0 Å². The molecule has 2 aromatic carbocycles. The zero-order valence-electron chi connectivity index (χ0n) is 16.9. The summed E-state index contributed by atoms with van der Waals surface area (Å²) in [4.78, 5) is 12.3. The molecule has 0 aliphatic carbocycles. The Bertz CT molecular complexity index is 1110. The molecule has 1 saturated heterocycles. The van der Waals surface area contributed by atoms with Crippen LogP contribution in [0.3, 0.4) is 0 Å². The molecular formula is C21H25FN2O5S2. The first-order chi connectivity index (χ1) is 14.7. The summed E-state index contributed by atoms with van der Waals surface area (Å²) in [5, 5.41) is 2.74. The van der Waals surface area contributed by atoms with E-state index in [1.54, 1.807) is 18.2 Å². The Hall–Kier alpha value is -2.30. The van der Waals surface area contributed by atoms with Gasteiger partial charge in [-0.2, -0.15) is 4.31 Å². The van der Waals surface area contributed by atoms with Crippen molar-refractivity contribution >= 4 is 25.8 Å². The van der Waals surface area contributed by atoms with Gasteiger partial charge in [-0.25, -0.2) is 21.2 Å². The highest BCUT2D eigenvalue weighted by Gasteiger charge is 2.33. The minimum atomic E-state index is -3.95. The minimum absolute atomic E-state index is 0.0728. The summed E-state index contributed by atoms with van der Waals surface area (Å²) in [6, 6.07) is 13.4. The molecule has 1 N–H and O–H groups in total. The number of hydrogen-bond donors (Lipinski definition) is 1. The Morgan fingerprint density at radius 3 is 2.23 bits per heavy atom. The van der Waals surface area contributed by atoms with Gasteiger partial charge in [0.2, 0.25) is 15.9 Å². The Balaban J connectivity index is 1.46. The molecule has 31 heavy (non-hydrogen) atoms. The van der Waals surface area contributed by atoms with Crippen molar-refractivity contribution in [2.24, 2.45) is 5.92 Å². The number of nitrogens with one attached hydrogen (secondary N) is 1. The normalized spacial score (nSPS) is 16.2. The first kappa shape index (κ1) is 23.4. The van der Waals surface area contributed by atoms with Crippen LogP contribution in [0.2, 0.25) is 0 Å². The van der Waals surface area contributed by atoms with Gasteiger partial charge in [-0.3, -0.25) is 4.79 Å². The summed E-state index contributed by atoms with van der Waals surface area (Å²) in [6.07, 6.45) is 0.924. The van der Waals surface area contributed by atoms with Gasteiger partial charge in [0.15, 0.2) is 9.84 Å². The van der Waals surface area contributed by atoms with Crippen LogP contribution in [-0.2, 0) is 24.7 Å². The Morgan fingerprint density at radius 2 is 1.58 bits per heavy atom. The van der Waals surface area contributed by atoms with Crippen molar-refractivity contribution in [1.82, 2.24) is 9.62 Å². The molecule has 10 heteroatoms. The molecule has 1 aliphatic rings. The Morgan fingerprint density at radius 1 is 0.968 bits per heavy atom. The van der Waals surface area contributed by atoms with Crippen LogP contribution >= 0.6 is 0 Å². The zero-order valence-corrected chi connectivity index (χ0v) is 18.5. The molecule has 7 nitrogen and oxygen atoms in total. The molecule has 1 heterocycles. The van der Waals surface area contributed by atoms with Crippen LogP contribution in [0.25, 0.3) is 0 Å². The predicted molar refractivity (Wildman–Crippen MR) is 114 cm³/mol. The summed E-state index contributed by atoms with van der Waals surface area (Å²) < 4.78 is 64.9. The summed E-state index contributed by atoms with van der Waals surface area (Å²) in [7, 11) is -7.34. The highest BCUT2D eigenvalue weighted by molar-refractivity contribution is 7.91. The molecule has 2 aromatic rings. The highest BCUT2D eigenvalue weighted by Crippen LogP contribution is 2.25. The number of carbonyl (C=O) groups excluding carboxylic acids is 1. The molecule has 0 bridgehead atoms. The number of sulfone groups is 1. The van der Waals surface area contributed by atoms with Crippen molar-refractivity contribution in [1.29, 1.82) is 0 Å². The van der Waals surface area contributed by atoms with Crippen molar-refractivity contribution in [3.05, 3.63) is 60.4 Å². The summed E-state index contributed by atoms with van der Waals surface area (Å²) in [6.45, 7) is 0.465.